The predicted octanol–water partition coefficient (Wildman–Crippen LogP) is 4.19. The van der Waals surface area contributed by atoms with Crippen molar-refractivity contribution < 1.29 is 28.7 Å². The molecule has 0 aliphatic carbocycles. The Bertz CT molecular complexity index is 1530. The summed E-state index contributed by atoms with van der Waals surface area (Å²) < 4.78 is 11.6. The van der Waals surface area contributed by atoms with Crippen LogP contribution in [0.4, 0.5) is 11.6 Å². The molecule has 0 unspecified atom stereocenters. The van der Waals surface area contributed by atoms with Crippen molar-refractivity contribution in [1.29, 1.82) is 0 Å². The molecule has 2 aliphatic rings. The van der Waals surface area contributed by atoms with Gasteiger partial charge in [-0.15, -0.1) is 0 Å². The van der Waals surface area contributed by atoms with E-state index in [9.17, 15) is 19.2 Å². The number of nitrogens with one attached hydrogen (secondary N) is 2. The fraction of sp³-hybridized carbons (Fsp3) is 0.429. The Labute approximate surface area is 274 Å². The molecule has 0 spiro atoms. The summed E-state index contributed by atoms with van der Waals surface area (Å²) in [6.07, 6.45) is 2.92. The van der Waals surface area contributed by atoms with Crippen molar-refractivity contribution in [3.63, 3.8) is 0 Å². The van der Waals surface area contributed by atoms with Crippen molar-refractivity contribution in [2.45, 2.75) is 72.4 Å². The molecule has 248 valence electrons. The van der Waals surface area contributed by atoms with E-state index in [1.165, 1.54) is 0 Å². The summed E-state index contributed by atoms with van der Waals surface area (Å²) in [5.41, 5.74) is 4.37. The molecule has 0 atom stereocenters. The van der Waals surface area contributed by atoms with Gasteiger partial charge in [-0.25, -0.2) is 0 Å². The summed E-state index contributed by atoms with van der Waals surface area (Å²) in [4.78, 5) is 61.6. The summed E-state index contributed by atoms with van der Waals surface area (Å²) in [6.45, 7) is 8.75. The molecule has 0 bridgehead atoms. The lowest BCUT2D eigenvalue weighted by Gasteiger charge is -2.28. The molecule has 4 heterocycles. The number of pyridine rings is 2. The number of anilines is 2. The molecular weight excluding hydrogens is 600 g/mol. The summed E-state index contributed by atoms with van der Waals surface area (Å²) >= 11 is 0. The lowest BCUT2D eigenvalue weighted by molar-refractivity contribution is -0.118. The molecule has 2 aliphatic heterocycles. The number of ketones is 2. The molecule has 2 aromatic heterocycles. The molecule has 12 heteroatoms. The van der Waals surface area contributed by atoms with E-state index in [1.54, 1.807) is 26.0 Å². The van der Waals surface area contributed by atoms with Crippen LogP contribution < -0.4 is 20.1 Å². The zero-order valence-corrected chi connectivity index (χ0v) is 27.3. The number of hydrogen-bond acceptors (Lipinski definition) is 10. The van der Waals surface area contributed by atoms with E-state index in [-0.39, 0.29) is 36.2 Å². The van der Waals surface area contributed by atoms with Gasteiger partial charge in [-0.2, -0.15) is 9.97 Å². The fourth-order valence-corrected chi connectivity index (χ4v) is 5.68. The first kappa shape index (κ1) is 33.7. The number of ether oxygens (including phenoxy) is 2. The Morgan fingerprint density at radius 1 is 0.702 bits per heavy atom. The molecule has 47 heavy (non-hydrogen) atoms. The predicted molar refractivity (Wildman–Crippen MR) is 176 cm³/mol. The Hall–Kier alpha value is -4.68. The van der Waals surface area contributed by atoms with Gasteiger partial charge in [0.1, 0.15) is 36.7 Å². The molecule has 12 nitrogen and oxygen atoms in total. The number of rotatable bonds is 14. The van der Waals surface area contributed by atoms with Gasteiger partial charge in [0, 0.05) is 50.1 Å². The van der Waals surface area contributed by atoms with Gasteiger partial charge in [-0.1, -0.05) is 18.2 Å². The largest absolute Gasteiger partial charge is 0.461 e. The van der Waals surface area contributed by atoms with Crippen molar-refractivity contribution in [3.05, 3.63) is 70.3 Å². The highest BCUT2D eigenvalue weighted by Gasteiger charge is 2.21. The quantitative estimate of drug-likeness (QED) is 0.263. The monoisotopic (exact) mass is 642 g/mol. The van der Waals surface area contributed by atoms with E-state index in [1.807, 2.05) is 37.3 Å². The van der Waals surface area contributed by atoms with Crippen LogP contribution in [0.1, 0.15) is 67.3 Å². The minimum atomic E-state index is -0.223. The van der Waals surface area contributed by atoms with Crippen molar-refractivity contribution in [2.24, 2.45) is 0 Å². The molecule has 2 N–H and O–H groups in total. The molecule has 0 radical (unpaired) electrons. The molecule has 0 fully saturated rings. The topological polar surface area (TPSA) is 143 Å². The van der Waals surface area contributed by atoms with E-state index in [2.05, 4.69) is 30.4 Å². The molecular formula is C35H42N6O6. The number of Topliss-reactive ketones (excluding diaryl/α,β-unsaturated/α-hetero) is 2. The van der Waals surface area contributed by atoms with Crippen molar-refractivity contribution >= 4 is 35.0 Å². The lowest BCUT2D eigenvalue weighted by Crippen LogP contribution is -2.33. The maximum Gasteiger partial charge on any atom is 0.229 e. The van der Waals surface area contributed by atoms with Crippen LogP contribution in [0.3, 0.4) is 0 Å². The van der Waals surface area contributed by atoms with E-state index < -0.39 is 0 Å². The van der Waals surface area contributed by atoms with Crippen LogP contribution in [0.25, 0.3) is 0 Å². The van der Waals surface area contributed by atoms with Crippen LogP contribution in [0.15, 0.2) is 42.5 Å². The van der Waals surface area contributed by atoms with Gasteiger partial charge in [-0.3, -0.25) is 19.4 Å². The molecule has 5 rings (SSSR count). The Kier molecular flexibility index (Phi) is 11.3. The van der Waals surface area contributed by atoms with Crippen molar-refractivity contribution in [3.8, 4) is 11.8 Å². The average molecular weight is 643 g/mol. The average Bonchev–Trinajstić information content (AvgIpc) is 3.02. The second-order valence-electron chi connectivity index (χ2n) is 12.2. The summed E-state index contributed by atoms with van der Waals surface area (Å²) in [5.74, 6) is 1.73. The normalized spacial score (nSPS) is 14.3. The van der Waals surface area contributed by atoms with Gasteiger partial charge in [-0.05, 0) is 74.6 Å². The summed E-state index contributed by atoms with van der Waals surface area (Å²) in [5, 5.41) is 5.73. The Balaban J connectivity index is 1.11. The third-order valence-electron chi connectivity index (χ3n) is 8.24. The second kappa shape index (κ2) is 15.7. The number of benzene rings is 1. The third-order valence-corrected chi connectivity index (χ3v) is 8.24. The maximum absolute atomic E-state index is 13.0. The lowest BCUT2D eigenvalue weighted by atomic mass is 9.97. The highest BCUT2D eigenvalue weighted by atomic mass is 16.5. The van der Waals surface area contributed by atoms with Crippen LogP contribution in [-0.4, -0.2) is 69.7 Å². The first-order valence-corrected chi connectivity index (χ1v) is 16.0. The van der Waals surface area contributed by atoms with Gasteiger partial charge in [0.25, 0.3) is 0 Å². The van der Waals surface area contributed by atoms with Crippen LogP contribution in [0, 0.1) is 6.92 Å². The van der Waals surface area contributed by atoms with E-state index >= 15 is 0 Å². The van der Waals surface area contributed by atoms with E-state index in [4.69, 9.17) is 9.47 Å². The number of carbonyl (C=O) groups is 4. The van der Waals surface area contributed by atoms with Crippen LogP contribution in [0.2, 0.25) is 0 Å². The van der Waals surface area contributed by atoms with Crippen molar-refractivity contribution in [2.75, 3.05) is 37.2 Å². The third kappa shape index (κ3) is 9.66. The number of carbonyl (C=O) groups excluding carboxylic acids is 4. The SMILES string of the molecule is CC(=O)CCCN1COc2nc(NC(=O)Cc3cccc(CC(=O)Nc4ccc5c(n4)OCN(CCCC(C)=O)C5)c3C)ccc2C1. The minimum Gasteiger partial charge on any atom is -0.461 e. The zero-order chi connectivity index (χ0) is 33.3. The molecule has 0 saturated heterocycles. The Morgan fingerprint density at radius 3 is 1.57 bits per heavy atom. The van der Waals surface area contributed by atoms with Gasteiger partial charge in [0.2, 0.25) is 23.6 Å². The second-order valence-corrected chi connectivity index (χ2v) is 12.2. The fourth-order valence-electron chi connectivity index (χ4n) is 5.68. The first-order valence-electron chi connectivity index (χ1n) is 16.0. The van der Waals surface area contributed by atoms with Gasteiger partial charge < -0.3 is 29.7 Å². The molecule has 0 saturated carbocycles. The van der Waals surface area contributed by atoms with Gasteiger partial charge >= 0.3 is 0 Å². The van der Waals surface area contributed by atoms with Crippen LogP contribution >= 0.6 is 0 Å². The first-order chi connectivity index (χ1) is 22.6. The highest BCUT2D eigenvalue weighted by molar-refractivity contribution is 5.93. The number of fused-ring (bicyclic) bond motifs is 2. The van der Waals surface area contributed by atoms with Crippen LogP contribution in [0.5, 0.6) is 11.8 Å². The maximum atomic E-state index is 13.0. The number of hydrogen-bond donors (Lipinski definition) is 2. The Morgan fingerprint density at radius 2 is 1.15 bits per heavy atom. The van der Waals surface area contributed by atoms with E-state index in [0.717, 1.165) is 53.7 Å². The minimum absolute atomic E-state index is 0.125. The molecule has 2 amide bonds. The smallest absolute Gasteiger partial charge is 0.229 e. The molecule has 1 aromatic carbocycles. The highest BCUT2D eigenvalue weighted by Crippen LogP contribution is 2.26. The van der Waals surface area contributed by atoms with Gasteiger partial charge in [0.05, 0.1) is 12.8 Å². The summed E-state index contributed by atoms with van der Waals surface area (Å²) in [6, 6.07) is 12.9. The number of nitrogens with zero attached hydrogens (tertiary/aromatic N) is 4. The van der Waals surface area contributed by atoms with Gasteiger partial charge in [0.15, 0.2) is 0 Å². The van der Waals surface area contributed by atoms with Crippen molar-refractivity contribution in [1.82, 2.24) is 19.8 Å². The molecule has 3 aromatic rings. The number of amides is 2. The van der Waals surface area contributed by atoms with Crippen LogP contribution in [-0.2, 0) is 45.1 Å². The standard InChI is InChI=1S/C35H42N6O6/c1-23(42)7-5-15-40-19-28-11-13-30(38-34(28)46-21-40)36-32(44)17-26-9-4-10-27(25(26)3)18-33(45)37-31-14-12-29-20-41(16-6-8-24(2)43)22-47-35(29)39-31/h4,9-14H,5-8,15-22H2,1-3H3,(H,36,38,44)(H,37,39,45). The number of aromatic nitrogens is 2. The van der Waals surface area contributed by atoms with E-state index in [0.29, 0.717) is 62.8 Å². The summed E-state index contributed by atoms with van der Waals surface area (Å²) in [7, 11) is 0. The zero-order valence-electron chi connectivity index (χ0n) is 27.3.